The van der Waals surface area contributed by atoms with Gasteiger partial charge in [0.05, 0.1) is 17.1 Å². The minimum absolute atomic E-state index is 0.0600. The zero-order valence-corrected chi connectivity index (χ0v) is 18.0. The number of amidine groups is 1. The number of rotatable bonds is 4. The van der Waals surface area contributed by atoms with E-state index in [1.165, 1.54) is 0 Å². The van der Waals surface area contributed by atoms with Crippen LogP contribution < -0.4 is 0 Å². The minimum Gasteiger partial charge on any atom is -0.354 e. The van der Waals surface area contributed by atoms with Gasteiger partial charge in [0.2, 0.25) is 0 Å². The molecule has 1 aliphatic rings. The number of H-pyrrole nitrogens is 1. The minimum atomic E-state index is -2.83. The van der Waals surface area contributed by atoms with Gasteiger partial charge < -0.3 is 4.98 Å². The van der Waals surface area contributed by atoms with Crippen LogP contribution in [0.3, 0.4) is 0 Å². The Hall–Kier alpha value is -4.32. The molecule has 5 aromatic rings. The lowest BCUT2D eigenvalue weighted by molar-refractivity contribution is 0.662. The van der Waals surface area contributed by atoms with Crippen LogP contribution in [0.1, 0.15) is 16.7 Å². The van der Waals surface area contributed by atoms with Crippen LogP contribution in [0.5, 0.6) is 0 Å². The summed E-state index contributed by atoms with van der Waals surface area (Å²) in [5.41, 5.74) is 6.83. The average Bonchev–Trinajstić information content (AvgIpc) is 3.44. The smallest absolute Gasteiger partial charge is 0.354 e. The zero-order chi connectivity index (χ0) is 23.1. The molecule has 0 fully saturated rings. The van der Waals surface area contributed by atoms with Gasteiger partial charge in [-0.2, -0.15) is 0 Å². The zero-order valence-electron chi connectivity index (χ0n) is 18.0. The van der Waals surface area contributed by atoms with Crippen molar-refractivity contribution in [3.63, 3.8) is 0 Å². The third kappa shape index (κ3) is 3.35. The monoisotopic (exact) mass is 445 g/mol. The molecule has 0 amide bonds. The molecule has 0 saturated carbocycles. The molecular formula is C28H18BF2N3. The van der Waals surface area contributed by atoms with Crippen LogP contribution in [0.25, 0.3) is 33.3 Å². The van der Waals surface area contributed by atoms with Crippen molar-refractivity contribution in [2.75, 3.05) is 0 Å². The first-order chi connectivity index (χ1) is 16.7. The first kappa shape index (κ1) is 20.3. The summed E-state index contributed by atoms with van der Waals surface area (Å²) in [4.78, 5) is 11.7. The molecule has 0 saturated heterocycles. The van der Waals surface area contributed by atoms with Crippen LogP contribution in [0.15, 0.2) is 113 Å². The number of aromatic amines is 1. The van der Waals surface area contributed by atoms with E-state index in [9.17, 15) is 8.63 Å². The summed E-state index contributed by atoms with van der Waals surface area (Å²) in [5, 5.41) is 2.15. The van der Waals surface area contributed by atoms with Gasteiger partial charge >= 0.3 is 7.40 Å². The Labute approximate surface area is 195 Å². The second-order valence-electron chi connectivity index (χ2n) is 8.07. The highest BCUT2D eigenvalue weighted by molar-refractivity contribution is 6.45. The summed E-state index contributed by atoms with van der Waals surface area (Å²) in [6.45, 7) is 0. The molecule has 0 aliphatic carbocycles. The van der Waals surface area contributed by atoms with Gasteiger partial charge in [0.25, 0.3) is 0 Å². The van der Waals surface area contributed by atoms with Gasteiger partial charge in [-0.05, 0) is 5.56 Å². The van der Waals surface area contributed by atoms with Crippen molar-refractivity contribution >= 4 is 29.7 Å². The lowest BCUT2D eigenvalue weighted by Gasteiger charge is -2.11. The number of nitrogens with zero attached hydrogens (tertiary/aromatic N) is 2. The van der Waals surface area contributed by atoms with Crippen LogP contribution in [0.4, 0.5) is 8.63 Å². The number of nitrogens with one attached hydrogen (secondary N) is 1. The van der Waals surface area contributed by atoms with Crippen molar-refractivity contribution in [1.82, 2.24) is 4.98 Å². The highest BCUT2D eigenvalue weighted by atomic mass is 19.2. The number of aliphatic imine (C=N–C) groups is 1. The first-order valence-corrected chi connectivity index (χ1v) is 11.0. The highest BCUT2D eigenvalue weighted by Crippen LogP contribution is 2.40. The average molecular weight is 445 g/mol. The third-order valence-corrected chi connectivity index (χ3v) is 6.07. The first-order valence-electron chi connectivity index (χ1n) is 11.0. The Balaban J connectivity index is 1.64. The Morgan fingerprint density at radius 3 is 1.88 bits per heavy atom. The molecule has 0 bridgehead atoms. The molecule has 34 heavy (non-hydrogen) atoms. The van der Waals surface area contributed by atoms with Crippen molar-refractivity contribution in [1.29, 1.82) is 0 Å². The number of aromatic nitrogens is 1. The summed E-state index contributed by atoms with van der Waals surface area (Å²) in [6, 6.07) is 33.7. The fourth-order valence-corrected chi connectivity index (χ4v) is 4.64. The summed E-state index contributed by atoms with van der Waals surface area (Å²) in [7, 11) is -2.83. The summed E-state index contributed by atoms with van der Waals surface area (Å²) < 4.78 is 26.5. The molecule has 6 rings (SSSR count). The van der Waals surface area contributed by atoms with Crippen molar-refractivity contribution in [3.8, 4) is 22.5 Å². The maximum absolute atomic E-state index is 13.3. The maximum atomic E-state index is 13.3. The van der Waals surface area contributed by atoms with Crippen LogP contribution in [-0.2, 0) is 0 Å². The second-order valence-corrected chi connectivity index (χ2v) is 8.07. The maximum Gasteiger partial charge on any atom is 0.694 e. The molecule has 1 aliphatic heterocycles. The van der Waals surface area contributed by atoms with E-state index in [2.05, 4.69) is 39.1 Å². The standard InChI is InChI=1S/C28H18BF2N3/c30-29(31)34-28-23-17-9-16-22(24(23)26(33-28)19-12-5-2-6-13-19)27-21-15-8-7-14-20(21)25(32-27)18-10-3-1-4-11-18/h1-17,32H/b34-28-. The van der Waals surface area contributed by atoms with Gasteiger partial charge in [0.1, 0.15) is 5.84 Å². The van der Waals surface area contributed by atoms with E-state index in [-0.39, 0.29) is 5.84 Å². The molecule has 0 unspecified atom stereocenters. The third-order valence-electron chi connectivity index (χ3n) is 6.07. The molecule has 1 aromatic heterocycles. The molecule has 3 nitrogen and oxygen atoms in total. The van der Waals surface area contributed by atoms with Crippen LogP contribution in [-0.4, -0.2) is 23.9 Å². The molecule has 4 aromatic carbocycles. The number of hydrogen-bond acceptors (Lipinski definition) is 1. The lowest BCUT2D eigenvalue weighted by atomic mass is 9.92. The van der Waals surface area contributed by atoms with E-state index in [1.54, 1.807) is 0 Å². The van der Waals surface area contributed by atoms with Gasteiger partial charge in [-0.3, -0.25) is 13.5 Å². The molecule has 0 atom stereocenters. The Bertz CT molecular complexity index is 1570. The van der Waals surface area contributed by atoms with Crippen LogP contribution in [0, 0.1) is 0 Å². The van der Waals surface area contributed by atoms with E-state index in [0.717, 1.165) is 44.4 Å². The highest BCUT2D eigenvalue weighted by Gasteiger charge is 2.29. The predicted molar refractivity (Wildman–Crippen MR) is 136 cm³/mol. The Kier molecular flexibility index (Phi) is 4.91. The topological polar surface area (TPSA) is 40.5 Å². The summed E-state index contributed by atoms with van der Waals surface area (Å²) in [5.74, 6) is 0.0600. The van der Waals surface area contributed by atoms with E-state index < -0.39 is 7.40 Å². The van der Waals surface area contributed by atoms with Crippen molar-refractivity contribution in [2.24, 2.45) is 9.90 Å². The molecule has 2 heterocycles. The van der Waals surface area contributed by atoms with Crippen molar-refractivity contribution in [2.45, 2.75) is 0 Å². The SMILES string of the molecule is FB(F)/N=C1\N=C(c2ccccc2)c2c1cccc2-c1[nH]c(-c2ccccc2)c2ccccc12. The molecular weight excluding hydrogens is 427 g/mol. The molecule has 1 N–H and O–H groups in total. The van der Waals surface area contributed by atoms with Gasteiger partial charge in [-0.1, -0.05) is 103 Å². The largest absolute Gasteiger partial charge is 0.694 e. The normalized spacial score (nSPS) is 13.8. The predicted octanol–water partition coefficient (Wildman–Crippen LogP) is 7.02. The number of hydrogen-bond donors (Lipinski definition) is 1. The molecule has 0 spiro atoms. The van der Waals surface area contributed by atoms with E-state index in [0.29, 0.717) is 11.3 Å². The van der Waals surface area contributed by atoms with Crippen LogP contribution in [0.2, 0.25) is 0 Å². The number of fused-ring (bicyclic) bond motifs is 2. The molecule has 0 radical (unpaired) electrons. The Morgan fingerprint density at radius 2 is 1.21 bits per heavy atom. The fraction of sp³-hybridized carbons (Fsp3) is 0. The van der Waals surface area contributed by atoms with E-state index >= 15 is 0 Å². The second kappa shape index (κ2) is 8.23. The van der Waals surface area contributed by atoms with Gasteiger partial charge in [0, 0.05) is 33.0 Å². The van der Waals surface area contributed by atoms with Crippen molar-refractivity contribution < 1.29 is 8.63 Å². The summed E-state index contributed by atoms with van der Waals surface area (Å²) >= 11 is 0. The van der Waals surface area contributed by atoms with E-state index in [4.69, 9.17) is 0 Å². The molecule has 162 valence electrons. The van der Waals surface area contributed by atoms with E-state index in [1.807, 2.05) is 78.9 Å². The number of halogens is 2. The summed E-state index contributed by atoms with van der Waals surface area (Å²) in [6.07, 6.45) is 0. The van der Waals surface area contributed by atoms with Crippen LogP contribution >= 0.6 is 0 Å². The van der Waals surface area contributed by atoms with Crippen molar-refractivity contribution in [3.05, 3.63) is 120 Å². The van der Waals surface area contributed by atoms with Gasteiger partial charge in [-0.25, -0.2) is 4.99 Å². The lowest BCUT2D eigenvalue weighted by Crippen LogP contribution is -2.04. The molecule has 6 heteroatoms. The fourth-order valence-electron chi connectivity index (χ4n) is 4.64. The quantitative estimate of drug-likeness (QED) is 0.289. The Morgan fingerprint density at radius 1 is 0.618 bits per heavy atom. The van der Waals surface area contributed by atoms with Gasteiger partial charge in [0.15, 0.2) is 0 Å². The van der Waals surface area contributed by atoms with Gasteiger partial charge in [-0.15, -0.1) is 0 Å². The number of benzene rings is 4.